The summed E-state index contributed by atoms with van der Waals surface area (Å²) in [6, 6.07) is -0.179. The van der Waals surface area contributed by atoms with Gasteiger partial charge in [0.05, 0.1) is 6.33 Å². The van der Waals surface area contributed by atoms with Gasteiger partial charge in [-0.15, -0.1) is 0 Å². The minimum absolute atomic E-state index is 0.502. The van der Waals surface area contributed by atoms with Crippen LogP contribution in [-0.4, -0.2) is 62.6 Å². The van der Waals surface area contributed by atoms with Crippen LogP contribution in [0.5, 0.6) is 0 Å². The Bertz CT molecular complexity index is 481. The number of aryl methyl sites for hydroxylation is 1. The molecular weight excluding hydrogens is 324 g/mol. The second kappa shape index (κ2) is 6.24. The first-order chi connectivity index (χ1) is 9.41. The van der Waals surface area contributed by atoms with Crippen LogP contribution in [-0.2, 0) is 11.8 Å². The Morgan fingerprint density at radius 1 is 1.30 bits per heavy atom. The number of aromatic nitrogens is 2. The molecule has 112 valence electrons. The average molecular weight is 345 g/mol. The van der Waals surface area contributed by atoms with Crippen molar-refractivity contribution in [3.05, 3.63) is 16.6 Å². The second-order valence-corrected chi connectivity index (χ2v) is 6.19. The molecule has 1 unspecified atom stereocenters. The minimum Gasteiger partial charge on any atom is -0.480 e. The molecule has 0 spiro atoms. The molecule has 6 nitrogen and oxygen atoms in total. The highest BCUT2D eigenvalue weighted by molar-refractivity contribution is 9.10. The molecule has 0 radical (unpaired) electrons. The maximum absolute atomic E-state index is 11.7. The molecule has 0 aromatic carbocycles. The third-order valence-corrected chi connectivity index (χ3v) is 4.79. The van der Waals surface area contributed by atoms with Crippen LogP contribution in [0.3, 0.4) is 0 Å². The predicted octanol–water partition coefficient (Wildman–Crippen LogP) is 1.33. The number of carboxylic acids is 1. The Labute approximate surface area is 127 Å². The van der Waals surface area contributed by atoms with Crippen LogP contribution in [0.2, 0.25) is 0 Å². The Kier molecular flexibility index (Phi) is 4.82. The predicted molar refractivity (Wildman–Crippen MR) is 79.6 cm³/mol. The van der Waals surface area contributed by atoms with Crippen molar-refractivity contribution in [2.24, 2.45) is 7.05 Å². The van der Waals surface area contributed by atoms with E-state index in [2.05, 4.69) is 39.7 Å². The highest BCUT2D eigenvalue weighted by Crippen LogP contribution is 2.27. The molecule has 0 amide bonds. The largest absolute Gasteiger partial charge is 0.480 e. The van der Waals surface area contributed by atoms with Gasteiger partial charge in [-0.1, -0.05) is 0 Å². The van der Waals surface area contributed by atoms with Gasteiger partial charge in [0.2, 0.25) is 0 Å². The molecule has 1 aliphatic rings. The van der Waals surface area contributed by atoms with Crippen LogP contribution in [0, 0.1) is 0 Å². The number of hydrogen-bond acceptors (Lipinski definition) is 4. The van der Waals surface area contributed by atoms with E-state index in [1.165, 1.54) is 0 Å². The maximum Gasteiger partial charge on any atom is 0.327 e. The molecule has 20 heavy (non-hydrogen) atoms. The zero-order valence-electron chi connectivity index (χ0n) is 12.1. The molecule has 2 heterocycles. The van der Waals surface area contributed by atoms with Crippen molar-refractivity contribution in [2.45, 2.75) is 25.9 Å². The smallest absolute Gasteiger partial charge is 0.327 e. The first-order valence-electron chi connectivity index (χ1n) is 6.79. The Balaban J connectivity index is 2.15. The summed E-state index contributed by atoms with van der Waals surface area (Å²) in [5.41, 5.74) is 0.581. The number of hydrogen-bond donors (Lipinski definition) is 1. The molecule has 1 aromatic heterocycles. The fourth-order valence-corrected chi connectivity index (χ4v) is 2.99. The van der Waals surface area contributed by atoms with Crippen molar-refractivity contribution in [3.63, 3.8) is 0 Å². The number of piperazine rings is 1. The number of aliphatic carboxylic acids is 1. The highest BCUT2D eigenvalue weighted by Gasteiger charge is 2.34. The molecule has 1 N–H and O–H groups in total. The lowest BCUT2D eigenvalue weighted by Crippen LogP contribution is -2.51. The third kappa shape index (κ3) is 3.05. The van der Waals surface area contributed by atoms with E-state index < -0.39 is 12.0 Å². The van der Waals surface area contributed by atoms with E-state index in [4.69, 9.17) is 0 Å². The van der Waals surface area contributed by atoms with E-state index >= 15 is 0 Å². The number of rotatable bonds is 4. The molecule has 0 bridgehead atoms. The summed E-state index contributed by atoms with van der Waals surface area (Å²) in [5.74, 6) is -0.845. The van der Waals surface area contributed by atoms with Gasteiger partial charge in [0.25, 0.3) is 0 Å². The topological polar surface area (TPSA) is 61.6 Å². The second-order valence-electron chi connectivity index (χ2n) is 5.44. The van der Waals surface area contributed by atoms with Crippen molar-refractivity contribution in [1.82, 2.24) is 19.4 Å². The molecule has 1 atom stereocenters. The highest BCUT2D eigenvalue weighted by atomic mass is 79.9. The van der Waals surface area contributed by atoms with Gasteiger partial charge in [0, 0.05) is 39.3 Å². The maximum atomic E-state index is 11.7. The van der Waals surface area contributed by atoms with Crippen molar-refractivity contribution in [2.75, 3.05) is 26.2 Å². The van der Waals surface area contributed by atoms with Crippen LogP contribution in [0.15, 0.2) is 10.9 Å². The lowest BCUT2D eigenvalue weighted by Gasteiger charge is -2.39. The van der Waals surface area contributed by atoms with Crippen LogP contribution in [0.4, 0.5) is 0 Å². The zero-order chi connectivity index (χ0) is 14.9. The van der Waals surface area contributed by atoms with Crippen LogP contribution in [0.25, 0.3) is 0 Å². The Morgan fingerprint density at radius 3 is 2.25 bits per heavy atom. The molecule has 7 heteroatoms. The number of halogens is 1. The van der Waals surface area contributed by atoms with E-state index in [-0.39, 0.29) is 0 Å². The number of carboxylic acid groups (broad SMARTS) is 1. The van der Waals surface area contributed by atoms with Crippen molar-refractivity contribution in [1.29, 1.82) is 0 Å². The third-order valence-electron chi connectivity index (χ3n) is 3.83. The fourth-order valence-electron chi connectivity index (χ4n) is 2.57. The van der Waals surface area contributed by atoms with E-state index in [0.717, 1.165) is 30.8 Å². The van der Waals surface area contributed by atoms with E-state index in [1.807, 2.05) is 11.9 Å². The average Bonchev–Trinajstić information content (AvgIpc) is 2.71. The van der Waals surface area contributed by atoms with Crippen molar-refractivity contribution < 1.29 is 9.90 Å². The molecule has 1 saturated heterocycles. The van der Waals surface area contributed by atoms with Crippen LogP contribution >= 0.6 is 15.9 Å². The molecule has 1 fully saturated rings. The van der Waals surface area contributed by atoms with Gasteiger partial charge in [-0.2, -0.15) is 0 Å². The summed E-state index contributed by atoms with van der Waals surface area (Å²) in [4.78, 5) is 20.3. The van der Waals surface area contributed by atoms with Gasteiger partial charge in [0.1, 0.15) is 10.3 Å². The summed E-state index contributed by atoms with van der Waals surface area (Å²) in [6.07, 6.45) is 1.64. The van der Waals surface area contributed by atoms with Gasteiger partial charge >= 0.3 is 5.97 Å². The SMILES string of the molecule is CC(C)N1CCN(C(C(=O)O)c2ncn(C)c2Br)CC1. The molecule has 1 aromatic rings. The molecule has 0 aliphatic carbocycles. The summed E-state index contributed by atoms with van der Waals surface area (Å²) in [7, 11) is 1.84. The van der Waals surface area contributed by atoms with Crippen molar-refractivity contribution in [3.8, 4) is 0 Å². The van der Waals surface area contributed by atoms with E-state index in [1.54, 1.807) is 10.9 Å². The van der Waals surface area contributed by atoms with Gasteiger partial charge in [-0.3, -0.25) is 14.6 Å². The standard InChI is InChI=1S/C13H21BrN4O2/c1-9(2)17-4-6-18(7-5-17)11(13(19)20)10-12(14)16(3)8-15-10/h8-9,11H,4-7H2,1-3H3,(H,19,20). The first kappa shape index (κ1) is 15.5. The Morgan fingerprint density at radius 2 is 1.85 bits per heavy atom. The number of carbonyl (C=O) groups is 1. The zero-order valence-corrected chi connectivity index (χ0v) is 13.7. The summed E-state index contributed by atoms with van der Waals surface area (Å²) in [6.45, 7) is 7.62. The van der Waals surface area contributed by atoms with Gasteiger partial charge in [0.15, 0.2) is 6.04 Å². The molecular formula is C13H21BrN4O2. The minimum atomic E-state index is -0.845. The van der Waals surface area contributed by atoms with Crippen molar-refractivity contribution >= 4 is 21.9 Å². The van der Waals surface area contributed by atoms with E-state index in [9.17, 15) is 9.90 Å². The molecule has 0 saturated carbocycles. The number of imidazole rings is 1. The van der Waals surface area contributed by atoms with E-state index in [0.29, 0.717) is 11.7 Å². The summed E-state index contributed by atoms with van der Waals surface area (Å²) < 4.78 is 2.52. The number of nitrogens with zero attached hydrogens (tertiary/aromatic N) is 4. The normalized spacial score (nSPS) is 19.4. The molecule has 1 aliphatic heterocycles. The summed E-state index contributed by atoms with van der Waals surface area (Å²) >= 11 is 3.42. The monoisotopic (exact) mass is 344 g/mol. The first-order valence-corrected chi connectivity index (χ1v) is 7.58. The molecule has 2 rings (SSSR count). The quantitative estimate of drug-likeness (QED) is 0.892. The van der Waals surface area contributed by atoms with Gasteiger partial charge in [-0.25, -0.2) is 4.98 Å². The van der Waals surface area contributed by atoms with Crippen LogP contribution < -0.4 is 0 Å². The van der Waals surface area contributed by atoms with Gasteiger partial charge in [-0.05, 0) is 29.8 Å². The lowest BCUT2D eigenvalue weighted by atomic mass is 10.1. The van der Waals surface area contributed by atoms with Crippen LogP contribution in [0.1, 0.15) is 25.6 Å². The lowest BCUT2D eigenvalue weighted by molar-refractivity contribution is -0.144. The summed E-state index contributed by atoms with van der Waals surface area (Å²) in [5, 5.41) is 9.56. The fraction of sp³-hybridized carbons (Fsp3) is 0.692. The van der Waals surface area contributed by atoms with Gasteiger partial charge < -0.3 is 9.67 Å². The Hall–Kier alpha value is -0.920.